The molecule has 21 heavy (non-hydrogen) atoms. The smallest absolute Gasteiger partial charge is 0.345 e. The standard InChI is InChI=1S/C15H23N3O3/c1-10-12(11(2)18-14(20)17-10)8-13(19)16-9-15(21)6-4-3-5-7-15/h21H,3-9H2,1-2H3,(H,16,19)(H,17,18,20). The van der Waals surface area contributed by atoms with Crippen molar-refractivity contribution in [1.82, 2.24) is 15.3 Å². The number of carbonyl (C=O) groups is 1. The number of aliphatic hydroxyl groups is 1. The fraction of sp³-hybridized carbons (Fsp3) is 0.667. The van der Waals surface area contributed by atoms with E-state index in [4.69, 9.17) is 0 Å². The lowest BCUT2D eigenvalue weighted by molar-refractivity contribution is -0.122. The molecule has 0 spiro atoms. The van der Waals surface area contributed by atoms with Gasteiger partial charge < -0.3 is 15.4 Å². The minimum atomic E-state index is -0.763. The second-order valence-corrected chi connectivity index (χ2v) is 5.97. The fourth-order valence-corrected chi connectivity index (χ4v) is 2.89. The molecule has 0 unspecified atom stereocenters. The molecule has 0 radical (unpaired) electrons. The summed E-state index contributed by atoms with van der Waals surface area (Å²) in [5.41, 5.74) is 0.816. The monoisotopic (exact) mass is 293 g/mol. The molecule has 116 valence electrons. The van der Waals surface area contributed by atoms with E-state index in [1.165, 1.54) is 0 Å². The second kappa shape index (κ2) is 6.39. The number of nitrogens with zero attached hydrogens (tertiary/aromatic N) is 1. The van der Waals surface area contributed by atoms with Crippen LogP contribution in [0.5, 0.6) is 0 Å². The number of amides is 1. The van der Waals surface area contributed by atoms with Crippen molar-refractivity contribution < 1.29 is 9.90 Å². The van der Waals surface area contributed by atoms with Crippen molar-refractivity contribution in [3.63, 3.8) is 0 Å². The molecular weight excluding hydrogens is 270 g/mol. The fourth-order valence-electron chi connectivity index (χ4n) is 2.89. The maximum absolute atomic E-state index is 12.0. The molecule has 0 saturated heterocycles. The Labute approximate surface area is 124 Å². The lowest BCUT2D eigenvalue weighted by atomic mass is 9.85. The van der Waals surface area contributed by atoms with Crippen LogP contribution in [0.25, 0.3) is 0 Å². The average Bonchev–Trinajstić information content (AvgIpc) is 2.41. The molecule has 1 amide bonds. The molecule has 1 saturated carbocycles. The van der Waals surface area contributed by atoms with Crippen molar-refractivity contribution in [2.24, 2.45) is 0 Å². The van der Waals surface area contributed by atoms with E-state index in [9.17, 15) is 14.7 Å². The van der Waals surface area contributed by atoms with Crippen LogP contribution in [0, 0.1) is 13.8 Å². The molecule has 0 aromatic carbocycles. The van der Waals surface area contributed by atoms with E-state index in [0.717, 1.165) is 37.7 Å². The average molecular weight is 293 g/mol. The quantitative estimate of drug-likeness (QED) is 0.763. The van der Waals surface area contributed by atoms with E-state index < -0.39 is 11.3 Å². The summed E-state index contributed by atoms with van der Waals surface area (Å²) in [6.07, 6.45) is 4.81. The Balaban J connectivity index is 1.94. The summed E-state index contributed by atoms with van der Waals surface area (Å²) in [7, 11) is 0. The minimum Gasteiger partial charge on any atom is -0.388 e. The van der Waals surface area contributed by atoms with E-state index in [0.29, 0.717) is 17.9 Å². The number of hydrogen-bond donors (Lipinski definition) is 3. The molecular formula is C15H23N3O3. The van der Waals surface area contributed by atoms with Crippen molar-refractivity contribution >= 4 is 5.91 Å². The summed E-state index contributed by atoms with van der Waals surface area (Å²) in [6, 6.07) is 0. The van der Waals surface area contributed by atoms with Gasteiger partial charge in [-0.1, -0.05) is 19.3 Å². The SMILES string of the molecule is Cc1nc(=O)[nH]c(C)c1CC(=O)NCC1(O)CCCCC1. The van der Waals surface area contributed by atoms with Crippen LogP contribution in [-0.2, 0) is 11.2 Å². The number of aryl methyl sites for hydroxylation is 2. The summed E-state index contributed by atoms with van der Waals surface area (Å²) in [5, 5.41) is 13.2. The first kappa shape index (κ1) is 15.7. The lowest BCUT2D eigenvalue weighted by Gasteiger charge is -2.32. The Bertz CT molecular complexity index is 548. The zero-order chi connectivity index (χ0) is 15.5. The largest absolute Gasteiger partial charge is 0.388 e. The second-order valence-electron chi connectivity index (χ2n) is 5.97. The lowest BCUT2D eigenvalue weighted by Crippen LogP contribution is -2.44. The van der Waals surface area contributed by atoms with Gasteiger partial charge in [0.25, 0.3) is 0 Å². The third kappa shape index (κ3) is 4.14. The van der Waals surface area contributed by atoms with Gasteiger partial charge in [0.05, 0.1) is 12.0 Å². The molecule has 1 aromatic rings. The molecule has 1 aliphatic carbocycles. The third-order valence-electron chi connectivity index (χ3n) is 4.19. The number of nitrogens with one attached hydrogen (secondary N) is 2. The van der Waals surface area contributed by atoms with Gasteiger partial charge in [0, 0.05) is 23.5 Å². The van der Waals surface area contributed by atoms with E-state index in [1.807, 2.05) is 0 Å². The van der Waals surface area contributed by atoms with Crippen molar-refractivity contribution in [3.8, 4) is 0 Å². The molecule has 3 N–H and O–H groups in total. The number of hydrogen-bond acceptors (Lipinski definition) is 4. The minimum absolute atomic E-state index is 0.158. The summed E-state index contributed by atoms with van der Waals surface area (Å²) < 4.78 is 0. The van der Waals surface area contributed by atoms with Crippen LogP contribution in [-0.4, -0.2) is 33.1 Å². The molecule has 0 bridgehead atoms. The summed E-state index contributed by atoms with van der Waals surface area (Å²) in [4.78, 5) is 29.7. The zero-order valence-electron chi connectivity index (χ0n) is 12.7. The highest BCUT2D eigenvalue weighted by molar-refractivity contribution is 5.79. The highest BCUT2D eigenvalue weighted by Crippen LogP contribution is 2.27. The van der Waals surface area contributed by atoms with Gasteiger partial charge >= 0.3 is 5.69 Å². The van der Waals surface area contributed by atoms with Gasteiger partial charge in [0.1, 0.15) is 0 Å². The number of H-pyrrole nitrogens is 1. The Morgan fingerprint density at radius 3 is 2.62 bits per heavy atom. The maximum Gasteiger partial charge on any atom is 0.345 e. The van der Waals surface area contributed by atoms with Crippen LogP contribution in [0.2, 0.25) is 0 Å². The molecule has 2 rings (SSSR count). The van der Waals surface area contributed by atoms with Gasteiger partial charge in [-0.3, -0.25) is 4.79 Å². The van der Waals surface area contributed by atoms with E-state index in [1.54, 1.807) is 13.8 Å². The third-order valence-corrected chi connectivity index (χ3v) is 4.19. The normalized spacial score (nSPS) is 17.5. The summed E-state index contributed by atoms with van der Waals surface area (Å²) >= 11 is 0. The van der Waals surface area contributed by atoms with E-state index in [-0.39, 0.29) is 12.3 Å². The molecule has 0 aliphatic heterocycles. The number of aromatic amines is 1. The first-order chi connectivity index (χ1) is 9.89. The van der Waals surface area contributed by atoms with Crippen LogP contribution in [0.1, 0.15) is 49.1 Å². The highest BCUT2D eigenvalue weighted by Gasteiger charge is 2.29. The molecule has 1 aromatic heterocycles. The predicted molar refractivity (Wildman–Crippen MR) is 79.1 cm³/mol. The Kier molecular flexibility index (Phi) is 4.77. The van der Waals surface area contributed by atoms with Gasteiger partial charge in [0.2, 0.25) is 5.91 Å². The maximum atomic E-state index is 12.0. The number of carbonyl (C=O) groups excluding carboxylic acids is 1. The molecule has 6 nitrogen and oxygen atoms in total. The van der Waals surface area contributed by atoms with Crippen LogP contribution in [0.15, 0.2) is 4.79 Å². The molecule has 1 aliphatic rings. The van der Waals surface area contributed by atoms with E-state index >= 15 is 0 Å². The Hall–Kier alpha value is -1.69. The van der Waals surface area contributed by atoms with Gasteiger partial charge in [-0.15, -0.1) is 0 Å². The summed E-state index contributed by atoms with van der Waals surface area (Å²) in [6.45, 7) is 3.77. The van der Waals surface area contributed by atoms with Gasteiger partial charge in [-0.25, -0.2) is 4.79 Å². The van der Waals surface area contributed by atoms with Gasteiger partial charge in [-0.2, -0.15) is 4.98 Å². The van der Waals surface area contributed by atoms with Crippen molar-refractivity contribution in [1.29, 1.82) is 0 Å². The van der Waals surface area contributed by atoms with Crippen LogP contribution < -0.4 is 11.0 Å². The topological polar surface area (TPSA) is 95.1 Å². The first-order valence-corrected chi connectivity index (χ1v) is 7.45. The number of rotatable bonds is 4. The number of aromatic nitrogens is 2. The Morgan fingerprint density at radius 1 is 1.33 bits per heavy atom. The molecule has 6 heteroatoms. The molecule has 0 atom stereocenters. The van der Waals surface area contributed by atoms with Crippen LogP contribution >= 0.6 is 0 Å². The van der Waals surface area contributed by atoms with E-state index in [2.05, 4.69) is 15.3 Å². The van der Waals surface area contributed by atoms with Crippen molar-refractivity contribution in [2.75, 3.05) is 6.54 Å². The van der Waals surface area contributed by atoms with Crippen molar-refractivity contribution in [3.05, 3.63) is 27.4 Å². The zero-order valence-corrected chi connectivity index (χ0v) is 12.7. The van der Waals surface area contributed by atoms with Gasteiger partial charge in [-0.05, 0) is 26.7 Å². The predicted octanol–water partition coefficient (Wildman–Crippen LogP) is 0.741. The molecule has 1 heterocycles. The van der Waals surface area contributed by atoms with Crippen LogP contribution in [0.4, 0.5) is 0 Å². The first-order valence-electron chi connectivity index (χ1n) is 7.45. The summed E-state index contributed by atoms with van der Waals surface area (Å²) in [5.74, 6) is -0.158. The van der Waals surface area contributed by atoms with Crippen molar-refractivity contribution in [2.45, 2.75) is 58.0 Å². The Morgan fingerprint density at radius 2 is 2.00 bits per heavy atom. The van der Waals surface area contributed by atoms with Gasteiger partial charge in [0.15, 0.2) is 0 Å². The van der Waals surface area contributed by atoms with Crippen LogP contribution in [0.3, 0.4) is 0 Å². The molecule has 1 fully saturated rings. The highest BCUT2D eigenvalue weighted by atomic mass is 16.3.